The molecule has 26 heavy (non-hydrogen) atoms. The number of ether oxygens (including phenoxy) is 2. The van der Waals surface area contributed by atoms with E-state index in [-0.39, 0.29) is 18.5 Å². The lowest BCUT2D eigenvalue weighted by Crippen LogP contribution is -2.38. The summed E-state index contributed by atoms with van der Waals surface area (Å²) in [5.41, 5.74) is 1.74. The van der Waals surface area contributed by atoms with Gasteiger partial charge in [0.2, 0.25) is 0 Å². The predicted molar refractivity (Wildman–Crippen MR) is 108 cm³/mol. The minimum absolute atomic E-state index is 0. The van der Waals surface area contributed by atoms with E-state index in [0.717, 1.165) is 36.8 Å². The van der Waals surface area contributed by atoms with E-state index in [1.54, 1.807) is 0 Å². The van der Waals surface area contributed by atoms with Gasteiger partial charge in [-0.05, 0) is 75.4 Å². The van der Waals surface area contributed by atoms with Crippen LogP contribution in [-0.4, -0.2) is 50.4 Å². The highest BCUT2D eigenvalue weighted by Crippen LogP contribution is 2.39. The predicted octanol–water partition coefficient (Wildman–Crippen LogP) is 3.90. The molecule has 3 aliphatic rings. The van der Waals surface area contributed by atoms with Gasteiger partial charge in [0.1, 0.15) is 12.4 Å². The van der Waals surface area contributed by atoms with Gasteiger partial charge in [0, 0.05) is 30.3 Å². The molecule has 4 rings (SSSR count). The Morgan fingerprint density at radius 2 is 2.12 bits per heavy atom. The molecule has 4 nitrogen and oxygen atoms in total. The van der Waals surface area contributed by atoms with E-state index < -0.39 is 0 Å². The molecular formula is C20H30Cl2N2O2. The number of rotatable bonds is 5. The quantitative estimate of drug-likeness (QED) is 0.812. The molecule has 146 valence electrons. The van der Waals surface area contributed by atoms with Crippen molar-refractivity contribution < 1.29 is 9.47 Å². The summed E-state index contributed by atoms with van der Waals surface area (Å²) in [5, 5.41) is 4.28. The van der Waals surface area contributed by atoms with E-state index >= 15 is 0 Å². The molecular weight excluding hydrogens is 371 g/mol. The summed E-state index contributed by atoms with van der Waals surface area (Å²) in [6.07, 6.45) is 6.43. The smallest absolute Gasteiger partial charge is 0.124 e. The highest BCUT2D eigenvalue weighted by molar-refractivity contribution is 6.30. The molecule has 1 atom stereocenters. The zero-order valence-electron chi connectivity index (χ0n) is 15.3. The second kappa shape index (κ2) is 9.11. The van der Waals surface area contributed by atoms with Gasteiger partial charge in [-0.3, -0.25) is 4.90 Å². The Kier molecular flexibility index (Phi) is 7.09. The fourth-order valence-electron chi connectivity index (χ4n) is 4.54. The van der Waals surface area contributed by atoms with Crippen molar-refractivity contribution in [3.05, 3.63) is 28.8 Å². The van der Waals surface area contributed by atoms with Gasteiger partial charge in [0.15, 0.2) is 0 Å². The third kappa shape index (κ3) is 4.85. The minimum Gasteiger partial charge on any atom is -0.491 e. The highest BCUT2D eigenvalue weighted by Gasteiger charge is 2.38. The van der Waals surface area contributed by atoms with Gasteiger partial charge in [-0.1, -0.05) is 11.6 Å². The summed E-state index contributed by atoms with van der Waals surface area (Å²) in [4.78, 5) is 2.58. The molecule has 6 heteroatoms. The van der Waals surface area contributed by atoms with Crippen molar-refractivity contribution in [3.8, 4) is 5.75 Å². The van der Waals surface area contributed by atoms with E-state index in [9.17, 15) is 0 Å². The summed E-state index contributed by atoms with van der Waals surface area (Å²) < 4.78 is 11.8. The normalized spacial score (nSPS) is 25.3. The van der Waals surface area contributed by atoms with E-state index in [2.05, 4.69) is 16.3 Å². The minimum atomic E-state index is 0. The Bertz CT molecular complexity index is 587. The van der Waals surface area contributed by atoms with Gasteiger partial charge in [-0.25, -0.2) is 0 Å². The molecule has 3 heterocycles. The van der Waals surface area contributed by atoms with Crippen LogP contribution in [0.15, 0.2) is 18.2 Å². The van der Waals surface area contributed by atoms with E-state index in [1.165, 1.54) is 51.0 Å². The van der Waals surface area contributed by atoms with Crippen molar-refractivity contribution in [1.29, 1.82) is 0 Å². The summed E-state index contributed by atoms with van der Waals surface area (Å²) in [7, 11) is 0. The van der Waals surface area contributed by atoms with Gasteiger partial charge >= 0.3 is 0 Å². The van der Waals surface area contributed by atoms with E-state index in [1.807, 2.05) is 12.1 Å². The maximum atomic E-state index is 6.26. The fourth-order valence-corrected chi connectivity index (χ4v) is 4.73. The van der Waals surface area contributed by atoms with Crippen molar-refractivity contribution in [2.24, 2.45) is 5.41 Å². The first-order chi connectivity index (χ1) is 12.2. The standard InChI is InChI=1S/C20H29ClN2O2.ClH/c21-17-3-4-19(25-14-18-2-1-11-24-18)16(12-17)13-23-10-7-20(15-23)5-8-22-9-6-20;/h3-4,12,18,22H,1-2,5-11,13-15H2;1H. The summed E-state index contributed by atoms with van der Waals surface area (Å²) in [5.74, 6) is 0.964. The van der Waals surface area contributed by atoms with Crippen molar-refractivity contribution in [3.63, 3.8) is 0 Å². The molecule has 1 aromatic rings. The lowest BCUT2D eigenvalue weighted by Gasteiger charge is -2.34. The van der Waals surface area contributed by atoms with Gasteiger partial charge in [0.25, 0.3) is 0 Å². The van der Waals surface area contributed by atoms with Gasteiger partial charge in [-0.2, -0.15) is 0 Å². The number of hydrogen-bond acceptors (Lipinski definition) is 4. The third-order valence-electron chi connectivity index (χ3n) is 6.05. The third-order valence-corrected chi connectivity index (χ3v) is 6.28. The number of hydrogen-bond donors (Lipinski definition) is 1. The Balaban J connectivity index is 0.00000196. The Hall–Kier alpha value is -0.520. The number of halogens is 2. The average Bonchev–Trinajstić information content (AvgIpc) is 3.26. The molecule has 1 unspecified atom stereocenters. The first kappa shape index (κ1) is 20.2. The van der Waals surface area contributed by atoms with Gasteiger partial charge in [-0.15, -0.1) is 12.4 Å². The van der Waals surface area contributed by atoms with Gasteiger partial charge in [0.05, 0.1) is 6.10 Å². The number of piperidine rings is 1. The zero-order chi connectivity index (χ0) is 17.1. The molecule has 0 aliphatic carbocycles. The number of benzene rings is 1. The largest absolute Gasteiger partial charge is 0.491 e. The lowest BCUT2D eigenvalue weighted by atomic mass is 9.78. The van der Waals surface area contributed by atoms with Crippen molar-refractivity contribution in [1.82, 2.24) is 10.2 Å². The number of nitrogens with one attached hydrogen (secondary N) is 1. The van der Waals surface area contributed by atoms with Crippen molar-refractivity contribution in [2.45, 2.75) is 44.8 Å². The SMILES string of the molecule is Cl.Clc1ccc(OCC2CCCO2)c(CN2CCC3(CCNCC3)C2)c1. The van der Waals surface area contributed by atoms with Crippen LogP contribution in [-0.2, 0) is 11.3 Å². The van der Waals surface area contributed by atoms with E-state index in [0.29, 0.717) is 12.0 Å². The van der Waals surface area contributed by atoms with Crippen molar-refractivity contribution >= 4 is 24.0 Å². The average molecular weight is 401 g/mol. The molecule has 0 bridgehead atoms. The summed E-state index contributed by atoms with van der Waals surface area (Å²) in [6, 6.07) is 6.01. The molecule has 0 radical (unpaired) electrons. The van der Waals surface area contributed by atoms with Crippen LogP contribution in [0.4, 0.5) is 0 Å². The van der Waals surface area contributed by atoms with Crippen LogP contribution in [0.1, 0.15) is 37.7 Å². The first-order valence-electron chi connectivity index (χ1n) is 9.68. The second-order valence-corrected chi connectivity index (χ2v) is 8.35. The molecule has 0 saturated carbocycles. The molecule has 1 N–H and O–H groups in total. The molecule has 1 spiro atoms. The zero-order valence-corrected chi connectivity index (χ0v) is 16.9. The van der Waals surface area contributed by atoms with Crippen LogP contribution >= 0.6 is 24.0 Å². The van der Waals surface area contributed by atoms with Gasteiger partial charge < -0.3 is 14.8 Å². The lowest BCUT2D eigenvalue weighted by molar-refractivity contribution is 0.0673. The summed E-state index contributed by atoms with van der Waals surface area (Å²) in [6.45, 7) is 7.15. The monoisotopic (exact) mass is 400 g/mol. The van der Waals surface area contributed by atoms with Crippen LogP contribution < -0.4 is 10.1 Å². The Morgan fingerprint density at radius 1 is 1.27 bits per heavy atom. The fraction of sp³-hybridized carbons (Fsp3) is 0.700. The molecule has 3 saturated heterocycles. The summed E-state index contributed by atoms with van der Waals surface area (Å²) >= 11 is 6.26. The number of likely N-dealkylation sites (tertiary alicyclic amines) is 1. The topological polar surface area (TPSA) is 33.7 Å². The maximum Gasteiger partial charge on any atom is 0.124 e. The highest BCUT2D eigenvalue weighted by atomic mass is 35.5. The van der Waals surface area contributed by atoms with Crippen LogP contribution in [0.5, 0.6) is 5.75 Å². The molecule has 0 amide bonds. The molecule has 1 aromatic carbocycles. The van der Waals surface area contributed by atoms with Crippen molar-refractivity contribution in [2.75, 3.05) is 39.4 Å². The maximum absolute atomic E-state index is 6.26. The molecule has 3 aliphatic heterocycles. The van der Waals surface area contributed by atoms with Crippen LogP contribution in [0.2, 0.25) is 5.02 Å². The van der Waals surface area contributed by atoms with Crippen LogP contribution in [0.25, 0.3) is 0 Å². The van der Waals surface area contributed by atoms with Crippen LogP contribution in [0, 0.1) is 5.41 Å². The number of nitrogens with zero attached hydrogens (tertiary/aromatic N) is 1. The molecule has 0 aromatic heterocycles. The second-order valence-electron chi connectivity index (χ2n) is 7.91. The first-order valence-corrected chi connectivity index (χ1v) is 10.1. The van der Waals surface area contributed by atoms with Crippen LogP contribution in [0.3, 0.4) is 0 Å². The van der Waals surface area contributed by atoms with E-state index in [4.69, 9.17) is 21.1 Å². The molecule has 3 fully saturated rings. The Labute approximate surface area is 168 Å². The Morgan fingerprint density at radius 3 is 2.88 bits per heavy atom.